The molecule has 6 nitrogen and oxygen atoms in total. The molecule has 0 N–H and O–H groups in total. The van der Waals surface area contributed by atoms with Gasteiger partial charge in [-0.15, -0.1) is 0 Å². The van der Waals surface area contributed by atoms with Crippen LogP contribution in [0.1, 0.15) is 33.9 Å². The van der Waals surface area contributed by atoms with Gasteiger partial charge in [-0.1, -0.05) is 66.2 Å². The van der Waals surface area contributed by atoms with Gasteiger partial charge in [0, 0.05) is 6.42 Å². The quantitative estimate of drug-likeness (QED) is 0.504. The third-order valence-corrected chi connectivity index (χ3v) is 5.52. The van der Waals surface area contributed by atoms with Crippen LogP contribution in [0.25, 0.3) is 0 Å². The summed E-state index contributed by atoms with van der Waals surface area (Å²) in [5, 5.41) is 6.24. The number of carbonyl (C=O) groups excluding carboxylic acids is 2. The molecule has 3 aromatic carbocycles. The van der Waals surface area contributed by atoms with E-state index in [-0.39, 0.29) is 16.6 Å². The smallest absolute Gasteiger partial charge is 0.340 e. The van der Waals surface area contributed by atoms with E-state index >= 15 is 0 Å². The SMILES string of the molecule is COc1ccc([C@H]2CC(c3ccccc3)=NN2C(=O)COC(=O)c2ccccc2Cl)cc1. The van der Waals surface area contributed by atoms with E-state index in [4.69, 9.17) is 21.1 Å². The van der Waals surface area contributed by atoms with Gasteiger partial charge in [0.05, 0.1) is 29.4 Å². The van der Waals surface area contributed by atoms with E-state index in [9.17, 15) is 9.59 Å². The van der Waals surface area contributed by atoms with E-state index in [1.165, 1.54) is 5.01 Å². The van der Waals surface area contributed by atoms with Crippen molar-refractivity contribution in [2.75, 3.05) is 13.7 Å². The predicted octanol–water partition coefficient (Wildman–Crippen LogP) is 4.88. The normalized spacial score (nSPS) is 15.2. The molecular formula is C25H21ClN2O4. The highest BCUT2D eigenvalue weighted by atomic mass is 35.5. The number of carbonyl (C=O) groups is 2. The minimum atomic E-state index is -0.656. The maximum Gasteiger partial charge on any atom is 0.340 e. The fraction of sp³-hybridized carbons (Fsp3) is 0.160. The number of methoxy groups -OCH3 is 1. The summed E-state index contributed by atoms with van der Waals surface area (Å²) in [6.07, 6.45) is 0.542. The summed E-state index contributed by atoms with van der Waals surface area (Å²) < 4.78 is 10.5. The number of hydrazone groups is 1. The molecule has 0 aliphatic carbocycles. The Labute approximate surface area is 191 Å². The van der Waals surface area contributed by atoms with Crippen LogP contribution in [-0.4, -0.2) is 36.3 Å². The Kier molecular flexibility index (Phi) is 6.52. The average molecular weight is 449 g/mol. The lowest BCUT2D eigenvalue weighted by Gasteiger charge is -2.22. The first-order valence-corrected chi connectivity index (χ1v) is 10.4. The van der Waals surface area contributed by atoms with Gasteiger partial charge in [0.15, 0.2) is 6.61 Å². The molecule has 1 atom stereocenters. The second-order valence-electron chi connectivity index (χ2n) is 7.20. The van der Waals surface area contributed by atoms with Gasteiger partial charge in [-0.05, 0) is 35.4 Å². The van der Waals surface area contributed by atoms with Gasteiger partial charge >= 0.3 is 5.97 Å². The molecule has 0 fully saturated rings. The lowest BCUT2D eigenvalue weighted by atomic mass is 9.98. The molecule has 1 heterocycles. The molecule has 7 heteroatoms. The minimum absolute atomic E-state index is 0.212. The van der Waals surface area contributed by atoms with Crippen LogP contribution < -0.4 is 4.74 Å². The Morgan fingerprint density at radius 1 is 1.00 bits per heavy atom. The zero-order valence-electron chi connectivity index (χ0n) is 17.4. The molecule has 0 spiro atoms. The number of nitrogens with zero attached hydrogens (tertiary/aromatic N) is 2. The summed E-state index contributed by atoms with van der Waals surface area (Å²) in [5.41, 5.74) is 2.85. The summed E-state index contributed by atoms with van der Waals surface area (Å²) >= 11 is 6.05. The molecule has 32 heavy (non-hydrogen) atoms. The molecule has 162 valence electrons. The predicted molar refractivity (Wildman–Crippen MR) is 122 cm³/mol. The Morgan fingerprint density at radius 3 is 2.38 bits per heavy atom. The molecule has 0 bridgehead atoms. The molecule has 0 radical (unpaired) electrons. The fourth-order valence-electron chi connectivity index (χ4n) is 3.53. The van der Waals surface area contributed by atoms with Crippen molar-refractivity contribution in [2.24, 2.45) is 5.10 Å². The van der Waals surface area contributed by atoms with Crippen LogP contribution in [-0.2, 0) is 9.53 Å². The van der Waals surface area contributed by atoms with Crippen LogP contribution in [0, 0.1) is 0 Å². The second-order valence-corrected chi connectivity index (χ2v) is 7.61. The van der Waals surface area contributed by atoms with Crippen LogP contribution in [0.4, 0.5) is 0 Å². The Balaban J connectivity index is 1.55. The summed E-state index contributed by atoms with van der Waals surface area (Å²) in [7, 11) is 1.60. The van der Waals surface area contributed by atoms with Gasteiger partial charge in [0.1, 0.15) is 5.75 Å². The highest BCUT2D eigenvalue weighted by Gasteiger charge is 2.33. The van der Waals surface area contributed by atoms with Gasteiger partial charge in [-0.2, -0.15) is 5.10 Å². The van der Waals surface area contributed by atoms with E-state index in [1.54, 1.807) is 31.4 Å². The third-order valence-electron chi connectivity index (χ3n) is 5.19. The van der Waals surface area contributed by atoms with Crippen LogP contribution in [0.15, 0.2) is 84.0 Å². The number of hydrogen-bond donors (Lipinski definition) is 0. The van der Waals surface area contributed by atoms with E-state index in [1.807, 2.05) is 54.6 Å². The number of benzene rings is 3. The first-order chi connectivity index (χ1) is 15.6. The zero-order chi connectivity index (χ0) is 22.5. The Bertz CT molecular complexity index is 1150. The molecule has 1 aliphatic heterocycles. The van der Waals surface area contributed by atoms with Crippen LogP contribution in [0.2, 0.25) is 5.02 Å². The maximum absolute atomic E-state index is 13.0. The molecular weight excluding hydrogens is 428 g/mol. The summed E-state index contributed by atoms with van der Waals surface area (Å²) in [6, 6.07) is 23.4. The number of halogens is 1. The molecule has 0 saturated carbocycles. The maximum atomic E-state index is 13.0. The van der Waals surface area contributed by atoms with Gasteiger partial charge in [-0.3, -0.25) is 4.79 Å². The highest BCUT2D eigenvalue weighted by Crippen LogP contribution is 2.33. The lowest BCUT2D eigenvalue weighted by Crippen LogP contribution is -2.31. The van der Waals surface area contributed by atoms with E-state index < -0.39 is 18.5 Å². The highest BCUT2D eigenvalue weighted by molar-refractivity contribution is 6.33. The van der Waals surface area contributed by atoms with Crippen molar-refractivity contribution < 1.29 is 19.1 Å². The molecule has 0 aromatic heterocycles. The Morgan fingerprint density at radius 2 is 1.69 bits per heavy atom. The van der Waals surface area contributed by atoms with E-state index in [0.29, 0.717) is 6.42 Å². The van der Waals surface area contributed by atoms with E-state index in [2.05, 4.69) is 5.10 Å². The summed E-state index contributed by atoms with van der Waals surface area (Å²) in [4.78, 5) is 25.4. The zero-order valence-corrected chi connectivity index (χ0v) is 18.2. The second kappa shape index (κ2) is 9.66. The number of esters is 1. The largest absolute Gasteiger partial charge is 0.497 e. The fourth-order valence-corrected chi connectivity index (χ4v) is 3.74. The van der Waals surface area contributed by atoms with Crippen molar-refractivity contribution in [1.82, 2.24) is 5.01 Å². The van der Waals surface area contributed by atoms with E-state index in [0.717, 1.165) is 22.6 Å². The summed E-state index contributed by atoms with van der Waals surface area (Å²) in [5.74, 6) is -0.351. The molecule has 3 aromatic rings. The standard InChI is InChI=1S/C25H21ClN2O4/c1-31-19-13-11-18(12-14-19)23-15-22(17-7-3-2-4-8-17)27-28(23)24(29)16-32-25(30)20-9-5-6-10-21(20)26/h2-14,23H,15-16H2,1H3/t23-/m1/s1. The monoisotopic (exact) mass is 448 g/mol. The first kappa shape index (κ1) is 21.6. The van der Waals surface area contributed by atoms with Crippen molar-refractivity contribution in [3.05, 3.63) is 101 Å². The average Bonchev–Trinajstić information content (AvgIpc) is 3.29. The van der Waals surface area contributed by atoms with Gasteiger partial charge < -0.3 is 9.47 Å². The van der Waals surface area contributed by atoms with Gasteiger partial charge in [0.2, 0.25) is 0 Å². The molecule has 0 unspecified atom stereocenters. The molecule has 4 rings (SSSR count). The van der Waals surface area contributed by atoms with Crippen molar-refractivity contribution in [1.29, 1.82) is 0 Å². The number of ether oxygens (including phenoxy) is 2. The van der Waals surface area contributed by atoms with Gasteiger partial charge in [0.25, 0.3) is 5.91 Å². The number of rotatable bonds is 6. The first-order valence-electron chi connectivity index (χ1n) is 10.1. The van der Waals surface area contributed by atoms with Crippen molar-refractivity contribution in [3.8, 4) is 5.75 Å². The van der Waals surface area contributed by atoms with Crippen LogP contribution in [0.5, 0.6) is 5.75 Å². The molecule has 1 amide bonds. The van der Waals surface area contributed by atoms with Crippen molar-refractivity contribution in [3.63, 3.8) is 0 Å². The minimum Gasteiger partial charge on any atom is -0.497 e. The molecule has 1 aliphatic rings. The topological polar surface area (TPSA) is 68.2 Å². The van der Waals surface area contributed by atoms with Crippen molar-refractivity contribution in [2.45, 2.75) is 12.5 Å². The molecule has 0 saturated heterocycles. The van der Waals surface area contributed by atoms with Crippen LogP contribution in [0.3, 0.4) is 0 Å². The summed E-state index contributed by atoms with van der Waals surface area (Å²) in [6.45, 7) is -0.442. The van der Waals surface area contributed by atoms with Gasteiger partial charge in [-0.25, -0.2) is 9.80 Å². The van der Waals surface area contributed by atoms with Crippen LogP contribution >= 0.6 is 11.6 Å². The number of hydrogen-bond acceptors (Lipinski definition) is 5. The van der Waals surface area contributed by atoms with Crippen molar-refractivity contribution >= 4 is 29.2 Å². The Hall–Kier alpha value is -3.64. The number of amides is 1. The third kappa shape index (κ3) is 4.65. The lowest BCUT2D eigenvalue weighted by molar-refractivity contribution is -0.136.